The lowest BCUT2D eigenvalue weighted by molar-refractivity contribution is 0.0697. The summed E-state index contributed by atoms with van der Waals surface area (Å²) in [5.74, 6) is -0.496. The maximum absolute atomic E-state index is 11.5. The number of aryl methyl sites for hydroxylation is 3. The second-order valence-corrected chi connectivity index (χ2v) is 7.03. The fourth-order valence-corrected chi connectivity index (χ4v) is 3.13. The van der Waals surface area contributed by atoms with Gasteiger partial charge in [-0.1, -0.05) is 35.9 Å². The Balaban J connectivity index is 1.67. The van der Waals surface area contributed by atoms with E-state index in [-0.39, 0.29) is 5.56 Å². The Morgan fingerprint density at radius 2 is 1.68 bits per heavy atom. The van der Waals surface area contributed by atoms with Gasteiger partial charge in [-0.15, -0.1) is 0 Å². The lowest BCUT2D eigenvalue weighted by atomic mass is 10.0. The molecule has 0 bridgehead atoms. The molecule has 0 saturated carbocycles. The summed E-state index contributed by atoms with van der Waals surface area (Å²) >= 11 is 6.19. The zero-order valence-electron chi connectivity index (χ0n) is 15.8. The van der Waals surface area contributed by atoms with Crippen LogP contribution in [0.15, 0.2) is 60.7 Å². The molecule has 0 spiro atoms. The molecule has 0 heterocycles. The second-order valence-electron chi connectivity index (χ2n) is 6.62. The first-order valence-corrected chi connectivity index (χ1v) is 9.36. The van der Waals surface area contributed by atoms with Gasteiger partial charge in [0, 0.05) is 10.7 Å². The Morgan fingerprint density at radius 1 is 1.00 bits per heavy atom. The molecule has 3 rings (SSSR count). The van der Waals surface area contributed by atoms with E-state index in [1.54, 1.807) is 12.1 Å². The minimum absolute atomic E-state index is 0.166. The van der Waals surface area contributed by atoms with E-state index in [9.17, 15) is 9.90 Å². The molecule has 28 heavy (non-hydrogen) atoms. The summed E-state index contributed by atoms with van der Waals surface area (Å²) in [6.45, 7) is 2.00. The lowest BCUT2D eigenvalue weighted by Crippen LogP contribution is -2.03. The van der Waals surface area contributed by atoms with E-state index < -0.39 is 5.97 Å². The maximum Gasteiger partial charge on any atom is 0.337 e. The number of hydrogen-bond donors (Lipinski definition) is 2. The number of anilines is 2. The molecule has 0 radical (unpaired) electrons. The highest BCUT2D eigenvalue weighted by Crippen LogP contribution is 2.26. The Morgan fingerprint density at radius 3 is 2.32 bits per heavy atom. The highest BCUT2D eigenvalue weighted by atomic mass is 35.5. The van der Waals surface area contributed by atoms with Crippen molar-refractivity contribution in [3.63, 3.8) is 0 Å². The largest absolute Gasteiger partial charge is 0.497 e. The molecule has 0 amide bonds. The van der Waals surface area contributed by atoms with Crippen LogP contribution in [0.2, 0.25) is 5.02 Å². The molecular weight excluding hydrogens is 374 g/mol. The van der Waals surface area contributed by atoms with Gasteiger partial charge in [0.1, 0.15) is 5.75 Å². The Kier molecular flexibility index (Phi) is 6.22. The Hall–Kier alpha value is -2.98. The smallest absolute Gasteiger partial charge is 0.337 e. The molecule has 0 aromatic heterocycles. The normalized spacial score (nSPS) is 10.5. The van der Waals surface area contributed by atoms with Gasteiger partial charge in [0.15, 0.2) is 0 Å². The van der Waals surface area contributed by atoms with E-state index in [4.69, 9.17) is 16.3 Å². The highest BCUT2D eigenvalue weighted by Gasteiger charge is 2.12. The van der Waals surface area contributed by atoms with Crippen molar-refractivity contribution in [2.45, 2.75) is 19.8 Å². The molecular formula is C23H22ClNO3. The predicted octanol–water partition coefficient (Wildman–Crippen LogP) is 5.88. The third-order valence-electron chi connectivity index (χ3n) is 4.63. The van der Waals surface area contributed by atoms with Gasteiger partial charge < -0.3 is 15.2 Å². The van der Waals surface area contributed by atoms with Crippen molar-refractivity contribution in [3.8, 4) is 5.75 Å². The van der Waals surface area contributed by atoms with Crippen molar-refractivity contribution in [2.24, 2.45) is 0 Å². The van der Waals surface area contributed by atoms with Crippen LogP contribution in [-0.2, 0) is 12.8 Å². The van der Waals surface area contributed by atoms with Crippen LogP contribution in [-0.4, -0.2) is 18.2 Å². The van der Waals surface area contributed by atoms with E-state index in [1.807, 2.05) is 43.3 Å². The molecule has 0 aliphatic carbocycles. The first-order chi connectivity index (χ1) is 13.5. The minimum Gasteiger partial charge on any atom is -0.497 e. The number of hydrogen-bond acceptors (Lipinski definition) is 3. The standard InChI is InChI=1S/C23H22ClNO3/c1-15-3-4-17(13-21(15)24)6-5-16-7-9-18(10-8-16)25-22-12-11-19(28-2)14-20(22)23(26)27/h3-4,7-14,25H,5-6H2,1-2H3,(H,26,27). The molecule has 0 fully saturated rings. The average Bonchev–Trinajstić information content (AvgIpc) is 2.70. The lowest BCUT2D eigenvalue weighted by Gasteiger charge is -2.12. The number of nitrogens with one attached hydrogen (secondary N) is 1. The molecule has 0 atom stereocenters. The molecule has 3 aromatic rings. The van der Waals surface area contributed by atoms with Crippen molar-refractivity contribution in [2.75, 3.05) is 12.4 Å². The zero-order chi connectivity index (χ0) is 20.1. The van der Waals surface area contributed by atoms with E-state index in [2.05, 4.69) is 11.4 Å². The van der Waals surface area contributed by atoms with Crippen LogP contribution in [0.1, 0.15) is 27.0 Å². The summed E-state index contributed by atoms with van der Waals surface area (Å²) in [5, 5.41) is 13.4. The number of benzene rings is 3. The highest BCUT2D eigenvalue weighted by molar-refractivity contribution is 6.31. The van der Waals surface area contributed by atoms with Gasteiger partial charge in [0.25, 0.3) is 0 Å². The number of carboxylic acid groups (broad SMARTS) is 1. The number of methoxy groups -OCH3 is 1. The van der Waals surface area contributed by atoms with Gasteiger partial charge >= 0.3 is 5.97 Å². The second kappa shape index (κ2) is 8.81. The van der Waals surface area contributed by atoms with E-state index in [0.717, 1.165) is 29.1 Å². The maximum atomic E-state index is 11.5. The molecule has 0 aliphatic rings. The monoisotopic (exact) mass is 395 g/mol. The third kappa shape index (κ3) is 4.84. The van der Waals surface area contributed by atoms with Gasteiger partial charge in [-0.05, 0) is 72.9 Å². The Labute approximate surface area is 169 Å². The van der Waals surface area contributed by atoms with Crippen molar-refractivity contribution >= 4 is 28.9 Å². The summed E-state index contributed by atoms with van der Waals surface area (Å²) in [6.07, 6.45) is 1.82. The predicted molar refractivity (Wildman–Crippen MR) is 113 cm³/mol. The molecule has 4 nitrogen and oxygen atoms in total. The Bertz CT molecular complexity index is 984. The van der Waals surface area contributed by atoms with Gasteiger partial charge in [0.2, 0.25) is 0 Å². The number of carboxylic acids is 1. The van der Waals surface area contributed by atoms with Crippen molar-refractivity contribution in [3.05, 3.63) is 87.9 Å². The summed E-state index contributed by atoms with van der Waals surface area (Å²) in [6, 6.07) is 19.1. The number of carbonyl (C=O) groups is 1. The quantitative estimate of drug-likeness (QED) is 0.524. The molecule has 0 aliphatic heterocycles. The van der Waals surface area contributed by atoms with Gasteiger partial charge in [0.05, 0.1) is 18.4 Å². The van der Waals surface area contributed by atoms with Gasteiger partial charge in [-0.2, -0.15) is 0 Å². The number of ether oxygens (including phenoxy) is 1. The number of halogens is 1. The van der Waals surface area contributed by atoms with Crippen LogP contribution < -0.4 is 10.1 Å². The SMILES string of the molecule is COc1ccc(Nc2ccc(CCc3ccc(C)c(Cl)c3)cc2)c(C(=O)O)c1. The summed E-state index contributed by atoms with van der Waals surface area (Å²) in [5.41, 5.74) is 5.02. The number of aromatic carboxylic acids is 1. The van der Waals surface area contributed by atoms with Crippen LogP contribution in [0.5, 0.6) is 5.75 Å². The molecule has 2 N–H and O–H groups in total. The fourth-order valence-electron chi connectivity index (χ4n) is 2.93. The van der Waals surface area contributed by atoms with Gasteiger partial charge in [-0.3, -0.25) is 0 Å². The first kappa shape index (κ1) is 19.8. The van der Waals surface area contributed by atoms with Crippen molar-refractivity contribution < 1.29 is 14.6 Å². The van der Waals surface area contributed by atoms with Crippen LogP contribution in [0, 0.1) is 6.92 Å². The third-order valence-corrected chi connectivity index (χ3v) is 5.04. The fraction of sp³-hybridized carbons (Fsp3) is 0.174. The summed E-state index contributed by atoms with van der Waals surface area (Å²) < 4.78 is 5.10. The minimum atomic E-state index is -1.00. The molecule has 144 valence electrons. The van der Waals surface area contributed by atoms with E-state index in [0.29, 0.717) is 11.4 Å². The van der Waals surface area contributed by atoms with E-state index in [1.165, 1.54) is 24.3 Å². The van der Waals surface area contributed by atoms with Crippen LogP contribution in [0.25, 0.3) is 0 Å². The molecule has 3 aromatic carbocycles. The van der Waals surface area contributed by atoms with Crippen molar-refractivity contribution in [1.29, 1.82) is 0 Å². The average molecular weight is 396 g/mol. The summed E-state index contributed by atoms with van der Waals surface area (Å²) in [7, 11) is 1.51. The van der Waals surface area contributed by atoms with Crippen LogP contribution in [0.4, 0.5) is 11.4 Å². The topological polar surface area (TPSA) is 58.6 Å². The summed E-state index contributed by atoms with van der Waals surface area (Å²) in [4.78, 5) is 11.5. The molecule has 0 unspecified atom stereocenters. The van der Waals surface area contributed by atoms with Gasteiger partial charge in [-0.25, -0.2) is 4.79 Å². The van der Waals surface area contributed by atoms with Crippen LogP contribution >= 0.6 is 11.6 Å². The number of rotatable bonds is 7. The van der Waals surface area contributed by atoms with Crippen molar-refractivity contribution in [1.82, 2.24) is 0 Å². The van der Waals surface area contributed by atoms with E-state index >= 15 is 0 Å². The molecule has 0 saturated heterocycles. The first-order valence-electron chi connectivity index (χ1n) is 8.98. The molecule has 5 heteroatoms. The van der Waals surface area contributed by atoms with Crippen LogP contribution in [0.3, 0.4) is 0 Å². The zero-order valence-corrected chi connectivity index (χ0v) is 16.6.